The maximum absolute atomic E-state index is 9.39. The summed E-state index contributed by atoms with van der Waals surface area (Å²) in [5.74, 6) is 1.62. The molecule has 1 saturated heterocycles. The quantitative estimate of drug-likeness (QED) is 0.833. The number of nitrogens with zero attached hydrogens (tertiary/aromatic N) is 1. The number of aliphatic hydroxyl groups excluding tert-OH is 1. The Bertz CT molecular complexity index is 452. The first-order valence-electron chi connectivity index (χ1n) is 6.78. The molecule has 0 bridgehead atoms. The van der Waals surface area contributed by atoms with Crippen molar-refractivity contribution in [2.45, 2.75) is 25.4 Å². The van der Waals surface area contributed by atoms with E-state index in [0.717, 1.165) is 36.7 Å². The predicted octanol–water partition coefficient (Wildman–Crippen LogP) is 0.964. The first-order chi connectivity index (χ1) is 9.28. The van der Waals surface area contributed by atoms with E-state index in [-0.39, 0.29) is 12.6 Å². The van der Waals surface area contributed by atoms with Crippen LogP contribution in [0.15, 0.2) is 18.2 Å². The Morgan fingerprint density at radius 2 is 2.21 bits per heavy atom. The van der Waals surface area contributed by atoms with Crippen LogP contribution in [0.5, 0.6) is 11.5 Å². The lowest BCUT2D eigenvalue weighted by Crippen LogP contribution is -2.42. The molecule has 2 aliphatic heterocycles. The Balaban J connectivity index is 1.85. The van der Waals surface area contributed by atoms with Crippen molar-refractivity contribution in [3.8, 4) is 11.5 Å². The zero-order valence-corrected chi connectivity index (χ0v) is 11.1. The highest BCUT2D eigenvalue weighted by Crippen LogP contribution is 2.36. The summed E-state index contributed by atoms with van der Waals surface area (Å²) in [6, 6.07) is 6.60. The molecule has 0 spiro atoms. The molecule has 5 nitrogen and oxygen atoms in total. The molecule has 1 aromatic rings. The number of ether oxygens (including phenoxy) is 2. The normalized spacial score (nSPS) is 26.3. The van der Waals surface area contributed by atoms with Gasteiger partial charge in [0, 0.05) is 30.4 Å². The van der Waals surface area contributed by atoms with Crippen LogP contribution in [-0.2, 0) is 0 Å². The highest BCUT2D eigenvalue weighted by Gasteiger charge is 2.24. The van der Waals surface area contributed by atoms with Crippen molar-refractivity contribution in [3.63, 3.8) is 0 Å². The molecule has 5 heteroatoms. The smallest absolute Gasteiger partial charge is 0.231 e. The van der Waals surface area contributed by atoms with Crippen LogP contribution in [0.3, 0.4) is 0 Å². The number of hydrogen-bond acceptors (Lipinski definition) is 5. The van der Waals surface area contributed by atoms with Gasteiger partial charge in [-0.15, -0.1) is 0 Å². The van der Waals surface area contributed by atoms with Crippen molar-refractivity contribution in [2.24, 2.45) is 0 Å². The number of benzene rings is 1. The highest BCUT2D eigenvalue weighted by atomic mass is 16.7. The van der Waals surface area contributed by atoms with Crippen LogP contribution >= 0.6 is 0 Å². The van der Waals surface area contributed by atoms with Crippen LogP contribution in [0.4, 0.5) is 5.69 Å². The number of nitrogens with one attached hydrogen (secondary N) is 1. The summed E-state index contributed by atoms with van der Waals surface area (Å²) in [5, 5.41) is 12.8. The summed E-state index contributed by atoms with van der Waals surface area (Å²) in [6.07, 6.45) is 1.06. The minimum atomic E-state index is 0.121. The van der Waals surface area contributed by atoms with E-state index in [1.54, 1.807) is 0 Å². The van der Waals surface area contributed by atoms with E-state index in [1.165, 1.54) is 0 Å². The Hall–Kier alpha value is -1.46. The van der Waals surface area contributed by atoms with Crippen LogP contribution in [0.1, 0.15) is 13.3 Å². The van der Waals surface area contributed by atoms with Gasteiger partial charge < -0.3 is 24.8 Å². The Kier molecular flexibility index (Phi) is 3.48. The highest BCUT2D eigenvalue weighted by molar-refractivity contribution is 5.57. The SMILES string of the molecule is CC1CCNC(CO)CN1c1ccc2c(c1)OCO2. The second kappa shape index (κ2) is 5.27. The minimum absolute atomic E-state index is 0.121. The molecule has 2 atom stereocenters. The van der Waals surface area contributed by atoms with E-state index in [2.05, 4.69) is 23.2 Å². The number of aliphatic hydroxyl groups is 1. The molecule has 2 heterocycles. The fraction of sp³-hybridized carbons (Fsp3) is 0.571. The number of rotatable bonds is 2. The summed E-state index contributed by atoms with van der Waals surface area (Å²) >= 11 is 0. The van der Waals surface area contributed by atoms with E-state index in [1.807, 2.05) is 12.1 Å². The molecule has 0 aliphatic carbocycles. The Morgan fingerprint density at radius 1 is 1.37 bits per heavy atom. The van der Waals surface area contributed by atoms with Crippen LogP contribution in [0.2, 0.25) is 0 Å². The van der Waals surface area contributed by atoms with Crippen molar-refractivity contribution in [2.75, 3.05) is 31.4 Å². The van der Waals surface area contributed by atoms with E-state index >= 15 is 0 Å². The van der Waals surface area contributed by atoms with Gasteiger partial charge in [-0.05, 0) is 32.0 Å². The molecule has 2 unspecified atom stereocenters. The van der Waals surface area contributed by atoms with Gasteiger partial charge in [0.05, 0.1) is 6.61 Å². The van der Waals surface area contributed by atoms with E-state index in [9.17, 15) is 5.11 Å². The lowest BCUT2D eigenvalue weighted by atomic mass is 10.1. The summed E-state index contributed by atoms with van der Waals surface area (Å²) < 4.78 is 10.8. The fourth-order valence-corrected chi connectivity index (χ4v) is 2.68. The third-order valence-corrected chi connectivity index (χ3v) is 3.85. The maximum Gasteiger partial charge on any atom is 0.231 e. The number of anilines is 1. The average molecular weight is 264 g/mol. The van der Waals surface area contributed by atoms with Crippen molar-refractivity contribution in [1.29, 1.82) is 0 Å². The van der Waals surface area contributed by atoms with Crippen molar-refractivity contribution in [1.82, 2.24) is 5.32 Å². The maximum atomic E-state index is 9.39. The summed E-state index contributed by atoms with van der Waals surface area (Å²) in [4.78, 5) is 2.32. The molecular formula is C14H20N2O3. The van der Waals surface area contributed by atoms with Crippen LogP contribution in [-0.4, -0.2) is 43.7 Å². The van der Waals surface area contributed by atoms with Gasteiger partial charge in [0.25, 0.3) is 0 Å². The lowest BCUT2D eigenvalue weighted by Gasteiger charge is -2.31. The van der Waals surface area contributed by atoms with Gasteiger partial charge in [-0.1, -0.05) is 0 Å². The lowest BCUT2D eigenvalue weighted by molar-refractivity contribution is 0.174. The van der Waals surface area contributed by atoms with Gasteiger partial charge in [-0.2, -0.15) is 0 Å². The zero-order valence-electron chi connectivity index (χ0n) is 11.1. The van der Waals surface area contributed by atoms with Crippen LogP contribution in [0, 0.1) is 0 Å². The van der Waals surface area contributed by atoms with Crippen molar-refractivity contribution in [3.05, 3.63) is 18.2 Å². The third-order valence-electron chi connectivity index (χ3n) is 3.85. The first-order valence-corrected chi connectivity index (χ1v) is 6.78. The average Bonchev–Trinajstić information content (AvgIpc) is 2.81. The molecule has 1 aromatic carbocycles. The second-order valence-electron chi connectivity index (χ2n) is 5.16. The fourth-order valence-electron chi connectivity index (χ4n) is 2.68. The zero-order chi connectivity index (χ0) is 13.2. The topological polar surface area (TPSA) is 54.0 Å². The third kappa shape index (κ3) is 2.48. The summed E-state index contributed by atoms with van der Waals surface area (Å²) in [7, 11) is 0. The van der Waals surface area contributed by atoms with Gasteiger partial charge in [0.1, 0.15) is 0 Å². The van der Waals surface area contributed by atoms with Gasteiger partial charge in [0.2, 0.25) is 6.79 Å². The van der Waals surface area contributed by atoms with Gasteiger partial charge >= 0.3 is 0 Å². The van der Waals surface area contributed by atoms with Crippen LogP contribution in [0.25, 0.3) is 0 Å². The molecule has 2 N–H and O–H groups in total. The Labute approximate surface area is 113 Å². The molecule has 0 radical (unpaired) electrons. The van der Waals surface area contributed by atoms with Gasteiger partial charge in [0.15, 0.2) is 11.5 Å². The van der Waals surface area contributed by atoms with Gasteiger partial charge in [-0.3, -0.25) is 0 Å². The van der Waals surface area contributed by atoms with E-state index in [0.29, 0.717) is 12.8 Å². The first kappa shape index (κ1) is 12.6. The summed E-state index contributed by atoms with van der Waals surface area (Å²) in [5.41, 5.74) is 1.12. The van der Waals surface area contributed by atoms with E-state index < -0.39 is 0 Å². The van der Waals surface area contributed by atoms with E-state index in [4.69, 9.17) is 9.47 Å². The molecular weight excluding hydrogens is 244 g/mol. The summed E-state index contributed by atoms with van der Waals surface area (Å²) in [6.45, 7) is 4.42. The molecule has 19 heavy (non-hydrogen) atoms. The molecule has 0 aromatic heterocycles. The minimum Gasteiger partial charge on any atom is -0.454 e. The largest absolute Gasteiger partial charge is 0.454 e. The number of hydrogen-bond donors (Lipinski definition) is 2. The van der Waals surface area contributed by atoms with Crippen molar-refractivity contribution >= 4 is 5.69 Å². The standard InChI is InChI=1S/C14H20N2O3/c1-10-4-5-15-11(8-17)7-16(10)12-2-3-13-14(6-12)19-9-18-13/h2-3,6,10-11,15,17H,4-5,7-9H2,1H3. The molecule has 1 fully saturated rings. The molecule has 0 amide bonds. The molecule has 0 saturated carbocycles. The monoisotopic (exact) mass is 264 g/mol. The second-order valence-corrected chi connectivity index (χ2v) is 5.16. The predicted molar refractivity (Wildman–Crippen MR) is 72.9 cm³/mol. The molecule has 104 valence electrons. The molecule has 2 aliphatic rings. The Morgan fingerprint density at radius 3 is 3.05 bits per heavy atom. The van der Waals surface area contributed by atoms with Crippen LogP contribution < -0.4 is 19.7 Å². The van der Waals surface area contributed by atoms with Gasteiger partial charge in [-0.25, -0.2) is 0 Å². The van der Waals surface area contributed by atoms with Crippen molar-refractivity contribution < 1.29 is 14.6 Å². The number of fused-ring (bicyclic) bond motifs is 1. The molecule has 3 rings (SSSR count).